The van der Waals surface area contributed by atoms with Crippen molar-refractivity contribution in [1.82, 2.24) is 5.32 Å². The molecular formula is C46H80NO10P. The molecule has 334 valence electrons. The number of hydrogen-bond acceptors (Lipinski definition) is 8. The van der Waals surface area contributed by atoms with Gasteiger partial charge in [0, 0.05) is 12.8 Å². The zero-order valence-corrected chi connectivity index (χ0v) is 37.0. The summed E-state index contributed by atoms with van der Waals surface area (Å²) in [5.41, 5.74) is 0. The van der Waals surface area contributed by atoms with Gasteiger partial charge >= 0.3 is 19.8 Å². The molecule has 11 nitrogen and oxygen atoms in total. The summed E-state index contributed by atoms with van der Waals surface area (Å²) in [5.74, 6) is -2.41. The summed E-state index contributed by atoms with van der Waals surface area (Å²) in [4.78, 5) is 45.9. The Hall–Kier alpha value is -2.82. The first-order valence-corrected chi connectivity index (χ1v) is 23.8. The minimum Gasteiger partial charge on any atom is -0.480 e. The highest BCUT2D eigenvalue weighted by Crippen LogP contribution is 2.43. The molecule has 0 aromatic carbocycles. The number of phosphoric ester groups is 1. The van der Waals surface area contributed by atoms with Gasteiger partial charge in [0.25, 0.3) is 0 Å². The Labute approximate surface area is 351 Å². The number of unbranched alkanes of at least 4 members (excludes halogenated alkanes) is 17. The SMILES string of the molecule is CC/C=C\C/C=C\C/C=C\C/C=C\C/C=C\CCCCCC(=O)OCC(O)COP(=O)(O)OCC(NC(=O)CCCCCCCCCCCCCCCCC)C(=O)O. The fraction of sp³-hybridized carbons (Fsp3) is 0.717. The van der Waals surface area contributed by atoms with Crippen LogP contribution in [0.1, 0.15) is 181 Å². The minimum absolute atomic E-state index is 0.144. The number of hydrogen-bond donors (Lipinski definition) is 4. The number of aliphatic hydroxyl groups excluding tert-OH is 1. The zero-order chi connectivity index (χ0) is 42.8. The molecule has 0 saturated heterocycles. The third kappa shape index (κ3) is 40.0. The van der Waals surface area contributed by atoms with E-state index in [1.807, 2.05) is 0 Å². The van der Waals surface area contributed by atoms with E-state index < -0.39 is 57.6 Å². The molecule has 0 aliphatic rings. The number of carbonyl (C=O) groups is 3. The van der Waals surface area contributed by atoms with E-state index in [4.69, 9.17) is 13.8 Å². The third-order valence-electron chi connectivity index (χ3n) is 9.32. The van der Waals surface area contributed by atoms with Gasteiger partial charge in [-0.05, 0) is 57.8 Å². The topological polar surface area (TPSA) is 169 Å². The maximum atomic E-state index is 12.3. The van der Waals surface area contributed by atoms with Crippen LogP contribution in [-0.4, -0.2) is 64.9 Å². The third-order valence-corrected chi connectivity index (χ3v) is 10.3. The van der Waals surface area contributed by atoms with Gasteiger partial charge in [0.05, 0.1) is 13.2 Å². The van der Waals surface area contributed by atoms with Crippen molar-refractivity contribution in [3.05, 3.63) is 60.8 Å². The average Bonchev–Trinajstić information content (AvgIpc) is 3.20. The lowest BCUT2D eigenvalue weighted by molar-refractivity contribution is -0.147. The summed E-state index contributed by atoms with van der Waals surface area (Å²) < 4.78 is 26.8. The Morgan fingerprint density at radius 3 is 1.50 bits per heavy atom. The molecule has 0 fully saturated rings. The highest BCUT2D eigenvalue weighted by Gasteiger charge is 2.28. The molecule has 0 bridgehead atoms. The van der Waals surface area contributed by atoms with Crippen molar-refractivity contribution < 1.29 is 47.8 Å². The Balaban J connectivity index is 3.95. The molecule has 0 aromatic rings. The summed E-state index contributed by atoms with van der Waals surface area (Å²) >= 11 is 0. The van der Waals surface area contributed by atoms with Crippen LogP contribution in [0.4, 0.5) is 0 Å². The molecular weight excluding hydrogens is 757 g/mol. The summed E-state index contributed by atoms with van der Waals surface area (Å²) in [6.07, 6.45) is 46.7. The van der Waals surface area contributed by atoms with Gasteiger partial charge < -0.3 is 25.2 Å². The summed E-state index contributed by atoms with van der Waals surface area (Å²) in [6, 6.07) is -1.55. The van der Waals surface area contributed by atoms with Gasteiger partial charge in [-0.2, -0.15) is 0 Å². The molecule has 0 aromatic heterocycles. The van der Waals surface area contributed by atoms with E-state index in [0.29, 0.717) is 12.8 Å². The van der Waals surface area contributed by atoms with Crippen LogP contribution < -0.4 is 5.32 Å². The number of carboxylic acid groups (broad SMARTS) is 1. The average molecular weight is 838 g/mol. The normalized spacial score (nSPS) is 14.3. The molecule has 0 saturated carbocycles. The van der Waals surface area contributed by atoms with Crippen molar-refractivity contribution in [2.75, 3.05) is 19.8 Å². The Kier molecular flexibility index (Phi) is 38.9. The summed E-state index contributed by atoms with van der Waals surface area (Å²) in [6.45, 7) is 2.44. The van der Waals surface area contributed by atoms with Gasteiger partial charge in [-0.3, -0.25) is 18.6 Å². The molecule has 0 rings (SSSR count). The maximum absolute atomic E-state index is 12.3. The molecule has 3 atom stereocenters. The first-order chi connectivity index (χ1) is 28.1. The highest BCUT2D eigenvalue weighted by atomic mass is 31.2. The second kappa shape index (κ2) is 40.9. The predicted molar refractivity (Wildman–Crippen MR) is 235 cm³/mol. The number of phosphoric acid groups is 1. The maximum Gasteiger partial charge on any atom is 0.472 e. The van der Waals surface area contributed by atoms with Crippen molar-refractivity contribution in [1.29, 1.82) is 0 Å². The molecule has 1 amide bonds. The molecule has 0 radical (unpaired) electrons. The number of rotatable bonds is 41. The summed E-state index contributed by atoms with van der Waals surface area (Å²) in [5, 5.41) is 21.8. The molecule has 0 aliphatic carbocycles. The van der Waals surface area contributed by atoms with Gasteiger partial charge in [-0.25, -0.2) is 9.36 Å². The van der Waals surface area contributed by atoms with Crippen molar-refractivity contribution >= 4 is 25.7 Å². The van der Waals surface area contributed by atoms with Crippen LogP contribution in [-0.2, 0) is 32.7 Å². The molecule has 4 N–H and O–H groups in total. The van der Waals surface area contributed by atoms with Crippen molar-refractivity contribution in [2.24, 2.45) is 0 Å². The van der Waals surface area contributed by atoms with Crippen LogP contribution in [0.5, 0.6) is 0 Å². The van der Waals surface area contributed by atoms with E-state index in [2.05, 4.69) is 79.9 Å². The molecule has 12 heteroatoms. The lowest BCUT2D eigenvalue weighted by Gasteiger charge is -2.18. The van der Waals surface area contributed by atoms with Gasteiger partial charge in [-0.1, -0.05) is 171 Å². The summed E-state index contributed by atoms with van der Waals surface area (Å²) in [7, 11) is -4.76. The van der Waals surface area contributed by atoms with Gasteiger partial charge in [0.2, 0.25) is 5.91 Å². The number of nitrogens with one attached hydrogen (secondary N) is 1. The lowest BCUT2D eigenvalue weighted by Crippen LogP contribution is -2.43. The quantitative estimate of drug-likeness (QED) is 0.0201. The lowest BCUT2D eigenvalue weighted by atomic mass is 10.0. The standard InChI is InChI=1S/C46H80NO10P/c1-3-5-7-9-11-13-15-17-19-20-21-22-24-26-28-30-32-34-36-38-45(50)55-39-42(48)40-56-58(53,54)57-41-43(46(51)52)47-44(49)37-35-33-31-29-27-25-23-18-16-14-12-10-8-6-4-2/h5,7,11,13,17,19,21-22,26,28,42-43,48H,3-4,6,8-10,12,14-16,18,20,23-25,27,29-41H2,1-2H3,(H,47,49)(H,51,52)(H,53,54)/b7-5-,13-11-,19-17-,22-21-,28-26-. The number of amides is 1. The van der Waals surface area contributed by atoms with Crippen LogP contribution in [0.15, 0.2) is 60.8 Å². The van der Waals surface area contributed by atoms with E-state index in [9.17, 15) is 34.1 Å². The number of carboxylic acids is 1. The monoisotopic (exact) mass is 838 g/mol. The highest BCUT2D eigenvalue weighted by molar-refractivity contribution is 7.47. The number of carbonyl (C=O) groups excluding carboxylic acids is 2. The second-order valence-corrected chi connectivity index (χ2v) is 16.3. The number of aliphatic hydroxyl groups is 1. The largest absolute Gasteiger partial charge is 0.480 e. The first kappa shape index (κ1) is 55.2. The molecule has 58 heavy (non-hydrogen) atoms. The smallest absolute Gasteiger partial charge is 0.472 e. The Morgan fingerprint density at radius 1 is 0.569 bits per heavy atom. The number of aliphatic carboxylic acids is 1. The number of ether oxygens (including phenoxy) is 1. The van der Waals surface area contributed by atoms with E-state index in [1.54, 1.807) is 0 Å². The van der Waals surface area contributed by atoms with Crippen LogP contribution in [0.3, 0.4) is 0 Å². The number of allylic oxidation sites excluding steroid dienone is 10. The molecule has 0 heterocycles. The number of esters is 1. The van der Waals surface area contributed by atoms with Crippen LogP contribution >= 0.6 is 7.82 Å². The predicted octanol–water partition coefficient (Wildman–Crippen LogP) is 11.6. The second-order valence-electron chi connectivity index (χ2n) is 14.9. The van der Waals surface area contributed by atoms with Crippen molar-refractivity contribution in [3.8, 4) is 0 Å². The van der Waals surface area contributed by atoms with Gasteiger partial charge in [0.1, 0.15) is 12.7 Å². The van der Waals surface area contributed by atoms with Crippen molar-refractivity contribution in [3.63, 3.8) is 0 Å². The fourth-order valence-corrected chi connectivity index (χ4v) is 6.64. The first-order valence-electron chi connectivity index (χ1n) is 22.3. The Morgan fingerprint density at radius 2 is 1.00 bits per heavy atom. The fourth-order valence-electron chi connectivity index (χ4n) is 5.87. The van der Waals surface area contributed by atoms with E-state index in [1.165, 1.54) is 70.6 Å². The molecule has 0 aliphatic heterocycles. The van der Waals surface area contributed by atoms with Gasteiger partial charge in [0.15, 0.2) is 6.04 Å². The van der Waals surface area contributed by atoms with Gasteiger partial charge in [-0.15, -0.1) is 0 Å². The van der Waals surface area contributed by atoms with E-state index in [-0.39, 0.29) is 12.8 Å². The Bertz CT molecular complexity index is 1210. The molecule has 3 unspecified atom stereocenters. The minimum atomic E-state index is -4.76. The zero-order valence-electron chi connectivity index (χ0n) is 36.1. The van der Waals surface area contributed by atoms with Crippen molar-refractivity contribution in [2.45, 2.75) is 193 Å². The van der Waals surface area contributed by atoms with Crippen LogP contribution in [0.25, 0.3) is 0 Å². The van der Waals surface area contributed by atoms with E-state index in [0.717, 1.165) is 70.6 Å². The molecule has 0 spiro atoms. The van der Waals surface area contributed by atoms with E-state index >= 15 is 0 Å². The van der Waals surface area contributed by atoms with Crippen LogP contribution in [0.2, 0.25) is 0 Å². The van der Waals surface area contributed by atoms with Crippen LogP contribution in [0, 0.1) is 0 Å².